The van der Waals surface area contributed by atoms with Crippen LogP contribution in [0.4, 0.5) is 18.0 Å². The molecular weight excluding hydrogens is 295 g/mol. The van der Waals surface area contributed by atoms with Crippen LogP contribution in [0.5, 0.6) is 0 Å². The number of likely N-dealkylation sites (tertiary alicyclic amines) is 2. The molecule has 0 aliphatic carbocycles. The number of carbonyl (C=O) groups is 1. The van der Waals surface area contributed by atoms with Gasteiger partial charge in [-0.05, 0) is 39.7 Å². The third-order valence-corrected chi connectivity index (χ3v) is 5.19. The van der Waals surface area contributed by atoms with E-state index in [9.17, 15) is 18.0 Å². The minimum absolute atomic E-state index is 0.0157. The van der Waals surface area contributed by atoms with Crippen molar-refractivity contribution in [3.8, 4) is 0 Å². The lowest BCUT2D eigenvalue weighted by atomic mass is 9.88. The predicted octanol–water partition coefficient (Wildman–Crippen LogP) is 2.84. The molecule has 4 nitrogen and oxygen atoms in total. The lowest BCUT2D eigenvalue weighted by Gasteiger charge is -2.38. The van der Waals surface area contributed by atoms with Crippen molar-refractivity contribution in [3.63, 3.8) is 0 Å². The highest BCUT2D eigenvalue weighted by molar-refractivity contribution is 5.75. The second kappa shape index (κ2) is 6.26. The average molecular weight is 321 g/mol. The van der Waals surface area contributed by atoms with Gasteiger partial charge in [0.05, 0.1) is 11.5 Å². The second-order valence-corrected chi connectivity index (χ2v) is 6.85. The van der Waals surface area contributed by atoms with Crippen molar-refractivity contribution in [2.45, 2.75) is 57.8 Å². The molecule has 128 valence electrons. The molecule has 0 aromatic heterocycles. The molecule has 1 atom stereocenters. The largest absolute Gasteiger partial charge is 0.394 e. The van der Waals surface area contributed by atoms with Crippen LogP contribution in [0, 0.1) is 5.92 Å². The molecule has 2 saturated heterocycles. The molecule has 0 bridgehead atoms. The van der Waals surface area contributed by atoms with Crippen molar-refractivity contribution >= 4 is 6.03 Å². The van der Waals surface area contributed by atoms with E-state index in [-0.39, 0.29) is 25.0 Å². The smallest absolute Gasteiger partial charge is 0.335 e. The van der Waals surface area contributed by atoms with E-state index >= 15 is 0 Å². The number of carbonyl (C=O) groups excluding carboxylic acids is 1. The highest BCUT2D eigenvalue weighted by Gasteiger charge is 2.56. The Labute approximate surface area is 130 Å². The zero-order valence-electron chi connectivity index (χ0n) is 13.5. The van der Waals surface area contributed by atoms with Crippen LogP contribution in [0.3, 0.4) is 0 Å². The number of amides is 2. The summed E-state index contributed by atoms with van der Waals surface area (Å²) in [5.41, 5.74) is -1.19. The summed E-state index contributed by atoms with van der Waals surface area (Å²) in [6, 6.07) is -0.289. The summed E-state index contributed by atoms with van der Waals surface area (Å²) in [5, 5.41) is 2.93. The molecule has 0 unspecified atom stereocenters. The van der Waals surface area contributed by atoms with Crippen LogP contribution in [-0.2, 0) is 0 Å². The van der Waals surface area contributed by atoms with Crippen LogP contribution in [0.1, 0.15) is 40.0 Å². The van der Waals surface area contributed by atoms with Gasteiger partial charge in [-0.2, -0.15) is 13.2 Å². The Morgan fingerprint density at radius 2 is 1.77 bits per heavy atom. The van der Waals surface area contributed by atoms with Gasteiger partial charge in [-0.25, -0.2) is 4.79 Å². The molecule has 0 radical (unpaired) electrons. The van der Waals surface area contributed by atoms with E-state index in [2.05, 4.69) is 17.1 Å². The van der Waals surface area contributed by atoms with Crippen molar-refractivity contribution in [1.29, 1.82) is 0 Å². The van der Waals surface area contributed by atoms with Crippen LogP contribution in [0.2, 0.25) is 0 Å². The molecule has 2 aliphatic heterocycles. The quantitative estimate of drug-likeness (QED) is 0.849. The minimum Gasteiger partial charge on any atom is -0.335 e. The number of hydrogen-bond donors (Lipinski definition) is 1. The SMILES string of the molecule is CCN1CCC(NC(=O)N2CC[C@@H](C(F)(F)F)C2(C)C)CC1. The van der Waals surface area contributed by atoms with E-state index in [0.29, 0.717) is 0 Å². The van der Waals surface area contributed by atoms with Gasteiger partial charge in [0.1, 0.15) is 0 Å². The van der Waals surface area contributed by atoms with E-state index in [4.69, 9.17) is 0 Å². The summed E-state index contributed by atoms with van der Waals surface area (Å²) in [4.78, 5) is 16.1. The summed E-state index contributed by atoms with van der Waals surface area (Å²) in [5.74, 6) is -1.45. The lowest BCUT2D eigenvalue weighted by molar-refractivity contribution is -0.189. The van der Waals surface area contributed by atoms with E-state index in [1.807, 2.05) is 0 Å². The Morgan fingerprint density at radius 3 is 2.23 bits per heavy atom. The maximum absolute atomic E-state index is 13.1. The monoisotopic (exact) mass is 321 g/mol. The molecule has 1 N–H and O–H groups in total. The van der Waals surface area contributed by atoms with Gasteiger partial charge in [0.2, 0.25) is 0 Å². The summed E-state index contributed by atoms with van der Waals surface area (Å²) in [6.45, 7) is 8.13. The van der Waals surface area contributed by atoms with E-state index in [1.54, 1.807) is 0 Å². The first kappa shape index (κ1) is 17.4. The van der Waals surface area contributed by atoms with Crippen molar-refractivity contribution in [3.05, 3.63) is 0 Å². The van der Waals surface area contributed by atoms with Gasteiger partial charge >= 0.3 is 12.2 Å². The molecule has 7 heteroatoms. The van der Waals surface area contributed by atoms with Crippen molar-refractivity contribution in [2.75, 3.05) is 26.2 Å². The molecule has 0 aromatic rings. The van der Waals surface area contributed by atoms with Crippen molar-refractivity contribution < 1.29 is 18.0 Å². The number of rotatable bonds is 2. The summed E-state index contributed by atoms with van der Waals surface area (Å²) < 4.78 is 39.2. The highest BCUT2D eigenvalue weighted by atomic mass is 19.4. The zero-order valence-corrected chi connectivity index (χ0v) is 13.5. The molecule has 0 saturated carbocycles. The molecule has 0 aromatic carbocycles. The lowest BCUT2D eigenvalue weighted by Crippen LogP contribution is -2.55. The average Bonchev–Trinajstić information content (AvgIpc) is 2.74. The van der Waals surface area contributed by atoms with E-state index in [0.717, 1.165) is 32.5 Å². The number of alkyl halides is 3. The van der Waals surface area contributed by atoms with Crippen molar-refractivity contribution in [2.24, 2.45) is 5.92 Å². The first-order chi connectivity index (χ1) is 10.2. The fourth-order valence-electron chi connectivity index (χ4n) is 3.66. The molecule has 2 heterocycles. The fourth-order valence-corrected chi connectivity index (χ4v) is 3.66. The Bertz CT molecular complexity index is 403. The Kier molecular flexibility index (Phi) is 4.94. The maximum atomic E-state index is 13.1. The van der Waals surface area contributed by atoms with Gasteiger partial charge in [0.15, 0.2) is 0 Å². The Morgan fingerprint density at radius 1 is 1.18 bits per heavy atom. The predicted molar refractivity (Wildman–Crippen MR) is 78.6 cm³/mol. The standard InChI is InChI=1S/C15H26F3N3O/c1-4-20-8-5-11(6-9-20)19-13(22)21-10-7-12(14(21,2)3)15(16,17)18/h11-12H,4-10H2,1-3H3,(H,19,22)/t12-/m1/s1. The molecule has 2 aliphatic rings. The first-order valence-corrected chi connectivity index (χ1v) is 8.03. The van der Waals surface area contributed by atoms with E-state index < -0.39 is 17.6 Å². The van der Waals surface area contributed by atoms with Crippen LogP contribution in [0.25, 0.3) is 0 Å². The van der Waals surface area contributed by atoms with E-state index in [1.165, 1.54) is 18.7 Å². The number of urea groups is 1. The maximum Gasteiger partial charge on any atom is 0.394 e. The Hall–Kier alpha value is -0.980. The topological polar surface area (TPSA) is 35.6 Å². The molecule has 2 amide bonds. The third kappa shape index (κ3) is 3.50. The number of halogens is 3. The van der Waals surface area contributed by atoms with Gasteiger partial charge < -0.3 is 15.1 Å². The molecular formula is C15H26F3N3O. The Balaban J connectivity index is 1.93. The summed E-state index contributed by atoms with van der Waals surface area (Å²) in [6.07, 6.45) is -2.56. The summed E-state index contributed by atoms with van der Waals surface area (Å²) >= 11 is 0. The second-order valence-electron chi connectivity index (χ2n) is 6.85. The zero-order chi connectivity index (χ0) is 16.5. The van der Waals surface area contributed by atoms with Gasteiger partial charge in [-0.3, -0.25) is 0 Å². The van der Waals surface area contributed by atoms with Gasteiger partial charge in [-0.15, -0.1) is 0 Å². The minimum atomic E-state index is -4.26. The number of nitrogens with zero attached hydrogens (tertiary/aromatic N) is 2. The summed E-state index contributed by atoms with van der Waals surface area (Å²) in [7, 11) is 0. The molecule has 0 spiro atoms. The van der Waals surface area contributed by atoms with Gasteiger partial charge in [-0.1, -0.05) is 6.92 Å². The van der Waals surface area contributed by atoms with Crippen LogP contribution in [0.15, 0.2) is 0 Å². The van der Waals surface area contributed by atoms with Crippen LogP contribution >= 0.6 is 0 Å². The third-order valence-electron chi connectivity index (χ3n) is 5.19. The normalized spacial score (nSPS) is 27.2. The van der Waals surface area contributed by atoms with Crippen LogP contribution in [-0.4, -0.2) is 59.8 Å². The number of piperidine rings is 1. The number of hydrogen-bond acceptors (Lipinski definition) is 2. The first-order valence-electron chi connectivity index (χ1n) is 8.03. The molecule has 2 rings (SSSR count). The molecule has 2 fully saturated rings. The van der Waals surface area contributed by atoms with Gasteiger partial charge in [0.25, 0.3) is 0 Å². The van der Waals surface area contributed by atoms with Gasteiger partial charge in [0, 0.05) is 25.7 Å². The van der Waals surface area contributed by atoms with Crippen molar-refractivity contribution in [1.82, 2.24) is 15.1 Å². The molecule has 22 heavy (non-hydrogen) atoms. The van der Waals surface area contributed by atoms with Crippen LogP contribution < -0.4 is 5.32 Å². The number of nitrogens with one attached hydrogen (secondary N) is 1. The fraction of sp³-hybridized carbons (Fsp3) is 0.933. The highest BCUT2D eigenvalue weighted by Crippen LogP contribution is 2.44.